The second kappa shape index (κ2) is 11.2. The van der Waals surface area contributed by atoms with E-state index < -0.39 is 0 Å². The predicted octanol–water partition coefficient (Wildman–Crippen LogP) is 3.12. The minimum atomic E-state index is -0.374. The molecule has 1 heterocycles. The van der Waals surface area contributed by atoms with E-state index in [1.807, 2.05) is 54.6 Å². The molecule has 3 amide bonds. The first-order chi connectivity index (χ1) is 17.0. The van der Waals surface area contributed by atoms with Crippen LogP contribution in [0.15, 0.2) is 59.8 Å². The van der Waals surface area contributed by atoms with E-state index in [9.17, 15) is 14.4 Å². The van der Waals surface area contributed by atoms with E-state index in [2.05, 4.69) is 10.5 Å². The standard InChI is InChI=1S/C27H32N4O4/c1-35-30-21-15-22(16-25(32)29-24-10-6-5-9-23(24)26(28)33)31(17-21)27(34)20-13-11-19(12-14-20)18-7-3-2-4-8-18/h2-4,7-8,11-14,22-24H,5-6,9-10,15-17H2,1H3,(H2,28,33)(H,29,32)/t22-,23-,24+/m0/s1. The maximum Gasteiger partial charge on any atom is 0.254 e. The normalized spacial score (nSPS) is 23.2. The molecule has 1 saturated carbocycles. The highest BCUT2D eigenvalue weighted by atomic mass is 16.6. The number of primary amides is 1. The van der Waals surface area contributed by atoms with Crippen molar-refractivity contribution >= 4 is 23.4 Å². The van der Waals surface area contributed by atoms with Crippen LogP contribution in [0.5, 0.6) is 0 Å². The molecule has 1 aliphatic heterocycles. The number of hydrogen-bond donors (Lipinski definition) is 2. The first-order valence-electron chi connectivity index (χ1n) is 12.1. The maximum absolute atomic E-state index is 13.4. The Hall–Kier alpha value is -3.68. The molecule has 2 aromatic carbocycles. The quantitative estimate of drug-likeness (QED) is 0.598. The Bertz CT molecular complexity index is 1080. The van der Waals surface area contributed by atoms with Gasteiger partial charge in [0.15, 0.2) is 0 Å². The molecular formula is C27H32N4O4. The van der Waals surface area contributed by atoms with Gasteiger partial charge in [-0.15, -0.1) is 0 Å². The highest BCUT2D eigenvalue weighted by Crippen LogP contribution is 2.26. The molecule has 3 atom stereocenters. The summed E-state index contributed by atoms with van der Waals surface area (Å²) in [5, 5.41) is 7.04. The van der Waals surface area contributed by atoms with Crippen molar-refractivity contribution in [2.45, 2.75) is 50.6 Å². The monoisotopic (exact) mass is 476 g/mol. The third kappa shape index (κ3) is 5.88. The molecule has 0 bridgehead atoms. The van der Waals surface area contributed by atoms with Crippen LogP contribution in [0.4, 0.5) is 0 Å². The average molecular weight is 477 g/mol. The number of oxime groups is 1. The van der Waals surface area contributed by atoms with Crippen LogP contribution >= 0.6 is 0 Å². The minimum absolute atomic E-state index is 0.124. The Kier molecular flexibility index (Phi) is 7.80. The van der Waals surface area contributed by atoms with Crippen molar-refractivity contribution in [2.24, 2.45) is 16.8 Å². The molecule has 4 rings (SSSR count). The number of rotatable bonds is 7. The fourth-order valence-electron chi connectivity index (χ4n) is 5.11. The Labute approximate surface area is 205 Å². The van der Waals surface area contributed by atoms with E-state index in [1.165, 1.54) is 7.11 Å². The number of nitrogens with one attached hydrogen (secondary N) is 1. The van der Waals surface area contributed by atoms with Crippen LogP contribution in [0, 0.1) is 5.92 Å². The Balaban J connectivity index is 1.46. The second-order valence-corrected chi connectivity index (χ2v) is 9.25. The lowest BCUT2D eigenvalue weighted by Gasteiger charge is -2.31. The predicted molar refractivity (Wildman–Crippen MR) is 133 cm³/mol. The number of carbonyl (C=O) groups is 3. The second-order valence-electron chi connectivity index (χ2n) is 9.25. The molecule has 0 radical (unpaired) electrons. The number of carbonyl (C=O) groups excluding carboxylic acids is 3. The van der Waals surface area contributed by atoms with Gasteiger partial charge in [0.1, 0.15) is 7.11 Å². The number of benzene rings is 2. The number of amides is 3. The molecule has 8 heteroatoms. The molecule has 184 valence electrons. The fourth-order valence-corrected chi connectivity index (χ4v) is 5.11. The third-order valence-corrected chi connectivity index (χ3v) is 6.88. The van der Waals surface area contributed by atoms with Crippen molar-refractivity contribution in [1.29, 1.82) is 0 Å². The van der Waals surface area contributed by atoms with Crippen molar-refractivity contribution in [3.63, 3.8) is 0 Å². The maximum atomic E-state index is 13.4. The molecule has 2 fully saturated rings. The molecule has 0 unspecified atom stereocenters. The summed E-state index contributed by atoms with van der Waals surface area (Å²) >= 11 is 0. The summed E-state index contributed by atoms with van der Waals surface area (Å²) in [6.07, 6.45) is 3.89. The van der Waals surface area contributed by atoms with E-state index in [1.54, 1.807) is 4.90 Å². The van der Waals surface area contributed by atoms with Crippen LogP contribution in [-0.4, -0.2) is 54.1 Å². The van der Waals surface area contributed by atoms with Crippen LogP contribution in [0.25, 0.3) is 11.1 Å². The Morgan fingerprint density at radius 2 is 1.71 bits per heavy atom. The highest BCUT2D eigenvalue weighted by molar-refractivity contribution is 6.01. The number of nitrogens with two attached hydrogens (primary N) is 1. The van der Waals surface area contributed by atoms with Gasteiger partial charge >= 0.3 is 0 Å². The van der Waals surface area contributed by atoms with Gasteiger partial charge in [0.05, 0.1) is 18.2 Å². The van der Waals surface area contributed by atoms with E-state index >= 15 is 0 Å². The van der Waals surface area contributed by atoms with Crippen LogP contribution < -0.4 is 11.1 Å². The summed E-state index contributed by atoms with van der Waals surface area (Å²) in [6.45, 7) is 0.304. The van der Waals surface area contributed by atoms with Gasteiger partial charge in [-0.2, -0.15) is 0 Å². The molecule has 0 aromatic heterocycles. The lowest BCUT2D eigenvalue weighted by molar-refractivity contribution is -0.126. The minimum Gasteiger partial charge on any atom is -0.399 e. The molecule has 1 aliphatic carbocycles. The van der Waals surface area contributed by atoms with E-state index in [0.717, 1.165) is 30.4 Å². The highest BCUT2D eigenvalue weighted by Gasteiger charge is 2.36. The average Bonchev–Trinajstić information content (AvgIpc) is 3.26. The van der Waals surface area contributed by atoms with Gasteiger partial charge in [-0.1, -0.05) is 60.5 Å². The molecule has 35 heavy (non-hydrogen) atoms. The van der Waals surface area contributed by atoms with Crippen LogP contribution in [0.3, 0.4) is 0 Å². The van der Waals surface area contributed by atoms with Gasteiger partial charge in [0.2, 0.25) is 11.8 Å². The Morgan fingerprint density at radius 1 is 1.03 bits per heavy atom. The topological polar surface area (TPSA) is 114 Å². The van der Waals surface area contributed by atoms with E-state index in [-0.39, 0.29) is 42.1 Å². The molecule has 2 aliphatic rings. The molecule has 1 saturated heterocycles. The molecule has 3 N–H and O–H groups in total. The van der Waals surface area contributed by atoms with Gasteiger partial charge in [0, 0.05) is 30.5 Å². The molecule has 0 spiro atoms. The van der Waals surface area contributed by atoms with Crippen molar-refractivity contribution in [2.75, 3.05) is 13.7 Å². The van der Waals surface area contributed by atoms with Crippen molar-refractivity contribution in [1.82, 2.24) is 10.2 Å². The van der Waals surface area contributed by atoms with Crippen molar-refractivity contribution < 1.29 is 19.2 Å². The third-order valence-electron chi connectivity index (χ3n) is 6.88. The fraction of sp³-hybridized carbons (Fsp3) is 0.407. The smallest absolute Gasteiger partial charge is 0.254 e. The first-order valence-corrected chi connectivity index (χ1v) is 12.1. The number of hydrogen-bond acceptors (Lipinski definition) is 5. The Morgan fingerprint density at radius 3 is 2.40 bits per heavy atom. The summed E-state index contributed by atoms with van der Waals surface area (Å²) in [6, 6.07) is 16.8. The number of nitrogens with zero attached hydrogens (tertiary/aromatic N) is 2. The van der Waals surface area contributed by atoms with Crippen LogP contribution in [0.1, 0.15) is 48.9 Å². The molecule has 8 nitrogen and oxygen atoms in total. The largest absolute Gasteiger partial charge is 0.399 e. The zero-order valence-electron chi connectivity index (χ0n) is 20.0. The van der Waals surface area contributed by atoms with Crippen molar-refractivity contribution in [3.05, 3.63) is 60.2 Å². The zero-order chi connectivity index (χ0) is 24.8. The summed E-state index contributed by atoms with van der Waals surface area (Å²) in [7, 11) is 1.47. The van der Waals surface area contributed by atoms with Gasteiger partial charge in [-0.05, 0) is 36.1 Å². The first kappa shape index (κ1) is 24.4. The summed E-state index contributed by atoms with van der Waals surface area (Å²) in [4.78, 5) is 44.8. The van der Waals surface area contributed by atoms with Crippen LogP contribution in [-0.2, 0) is 14.4 Å². The van der Waals surface area contributed by atoms with Gasteiger partial charge < -0.3 is 20.8 Å². The summed E-state index contributed by atoms with van der Waals surface area (Å²) < 4.78 is 0. The van der Waals surface area contributed by atoms with E-state index in [0.29, 0.717) is 30.7 Å². The SMILES string of the molecule is CON=C1C[C@@H](CC(=O)N[C@@H]2CCCC[C@@H]2C(N)=O)N(C(=O)c2ccc(-c3ccccc3)cc2)C1. The van der Waals surface area contributed by atoms with Gasteiger partial charge in [-0.25, -0.2) is 0 Å². The van der Waals surface area contributed by atoms with Crippen LogP contribution in [0.2, 0.25) is 0 Å². The molecular weight excluding hydrogens is 444 g/mol. The summed E-state index contributed by atoms with van der Waals surface area (Å²) in [5.41, 5.74) is 8.92. The lowest BCUT2D eigenvalue weighted by atomic mass is 9.84. The van der Waals surface area contributed by atoms with Crippen molar-refractivity contribution in [3.8, 4) is 11.1 Å². The zero-order valence-corrected chi connectivity index (χ0v) is 20.0. The van der Waals surface area contributed by atoms with Gasteiger partial charge in [-0.3, -0.25) is 14.4 Å². The lowest BCUT2D eigenvalue weighted by Crippen LogP contribution is -2.48. The number of likely N-dealkylation sites (tertiary alicyclic amines) is 1. The van der Waals surface area contributed by atoms with Gasteiger partial charge in [0.25, 0.3) is 5.91 Å². The summed E-state index contributed by atoms with van der Waals surface area (Å²) in [5.74, 6) is -1.07. The van der Waals surface area contributed by atoms with E-state index in [4.69, 9.17) is 10.6 Å². The molecule has 2 aromatic rings.